The number of benzene rings is 3. The van der Waals surface area contributed by atoms with Crippen molar-refractivity contribution in [1.29, 1.82) is 0 Å². The van der Waals surface area contributed by atoms with Crippen molar-refractivity contribution in [2.24, 2.45) is 0 Å². The first-order valence-electron chi connectivity index (χ1n) is 10.2. The van der Waals surface area contributed by atoms with Crippen molar-refractivity contribution in [2.45, 2.75) is 13.1 Å². The Bertz CT molecular complexity index is 1230. The van der Waals surface area contributed by atoms with Crippen molar-refractivity contribution in [3.05, 3.63) is 107 Å². The number of amides is 2. The van der Waals surface area contributed by atoms with Crippen LogP contribution in [0.15, 0.2) is 85.1 Å². The normalized spacial score (nSPS) is 10.8. The molecule has 0 aliphatic carbocycles. The van der Waals surface area contributed by atoms with Crippen LogP contribution < -0.4 is 5.32 Å². The van der Waals surface area contributed by atoms with E-state index in [9.17, 15) is 9.59 Å². The summed E-state index contributed by atoms with van der Waals surface area (Å²) in [6, 6.07) is 25.5. The number of carbonyl (C=O) groups is 2. The molecule has 0 aliphatic rings. The van der Waals surface area contributed by atoms with E-state index in [2.05, 4.69) is 22.0 Å². The Morgan fingerprint density at radius 1 is 0.871 bits per heavy atom. The van der Waals surface area contributed by atoms with Gasteiger partial charge in [-0.3, -0.25) is 9.59 Å². The molecule has 3 aromatic carbocycles. The van der Waals surface area contributed by atoms with Crippen LogP contribution in [0.2, 0.25) is 0 Å². The van der Waals surface area contributed by atoms with Gasteiger partial charge in [0.05, 0.1) is 5.56 Å². The third-order valence-electron chi connectivity index (χ3n) is 5.26. The zero-order chi connectivity index (χ0) is 21.8. The fraction of sp³-hybridized carbons (Fsp3) is 0.154. The first-order valence-corrected chi connectivity index (χ1v) is 10.2. The predicted octanol–water partition coefficient (Wildman–Crippen LogP) is 4.32. The number of hydrogen-bond acceptors (Lipinski definition) is 2. The quantitative estimate of drug-likeness (QED) is 0.514. The van der Waals surface area contributed by atoms with Gasteiger partial charge < -0.3 is 14.8 Å². The topological polar surface area (TPSA) is 54.3 Å². The highest BCUT2D eigenvalue weighted by Gasteiger charge is 2.15. The van der Waals surface area contributed by atoms with Crippen LogP contribution in [0.25, 0.3) is 10.9 Å². The van der Waals surface area contributed by atoms with E-state index in [4.69, 9.17) is 0 Å². The Balaban J connectivity index is 1.55. The Hall–Kier alpha value is -3.86. The minimum absolute atomic E-state index is 0.0582. The zero-order valence-corrected chi connectivity index (χ0v) is 17.7. The lowest BCUT2D eigenvalue weighted by atomic mass is 10.1. The number of fused-ring (bicyclic) bond motifs is 1. The van der Waals surface area contributed by atoms with Gasteiger partial charge in [-0.2, -0.15) is 0 Å². The Morgan fingerprint density at radius 3 is 2.35 bits per heavy atom. The molecule has 0 saturated heterocycles. The Kier molecular flexibility index (Phi) is 5.85. The molecule has 5 nitrogen and oxygen atoms in total. The number of nitrogens with zero attached hydrogens (tertiary/aromatic N) is 2. The molecule has 5 heteroatoms. The van der Waals surface area contributed by atoms with Crippen molar-refractivity contribution in [2.75, 3.05) is 14.1 Å². The molecule has 4 rings (SSSR count). The summed E-state index contributed by atoms with van der Waals surface area (Å²) in [4.78, 5) is 26.8. The first-order chi connectivity index (χ1) is 15.0. The van der Waals surface area contributed by atoms with E-state index in [1.54, 1.807) is 25.1 Å². The van der Waals surface area contributed by atoms with Gasteiger partial charge in [-0.05, 0) is 29.3 Å². The Morgan fingerprint density at radius 2 is 1.58 bits per heavy atom. The van der Waals surface area contributed by atoms with Crippen LogP contribution in [-0.2, 0) is 13.1 Å². The van der Waals surface area contributed by atoms with Crippen LogP contribution in [0.5, 0.6) is 0 Å². The van der Waals surface area contributed by atoms with Crippen molar-refractivity contribution < 1.29 is 9.59 Å². The fourth-order valence-corrected chi connectivity index (χ4v) is 3.69. The van der Waals surface area contributed by atoms with Gasteiger partial charge >= 0.3 is 0 Å². The number of aromatic nitrogens is 1. The molecule has 0 aliphatic heterocycles. The second kappa shape index (κ2) is 8.88. The minimum atomic E-state index is -0.132. The van der Waals surface area contributed by atoms with E-state index in [0.717, 1.165) is 16.5 Å². The van der Waals surface area contributed by atoms with Gasteiger partial charge in [0.2, 0.25) is 0 Å². The number of hydrogen-bond donors (Lipinski definition) is 1. The summed E-state index contributed by atoms with van der Waals surface area (Å²) in [5.74, 6) is -0.190. The van der Waals surface area contributed by atoms with E-state index in [0.29, 0.717) is 24.2 Å². The molecule has 0 unspecified atom stereocenters. The fourth-order valence-electron chi connectivity index (χ4n) is 3.69. The summed E-state index contributed by atoms with van der Waals surface area (Å²) < 4.78 is 2.11. The molecule has 0 radical (unpaired) electrons. The SMILES string of the molecule is CN(C)C(=O)c1cccc(CNC(=O)c2cn(Cc3ccccc3)c3ccccc23)c1. The van der Waals surface area contributed by atoms with Gasteiger partial charge in [0, 0.05) is 49.8 Å². The van der Waals surface area contributed by atoms with Gasteiger partial charge in [-0.15, -0.1) is 0 Å². The average molecular weight is 412 g/mol. The summed E-state index contributed by atoms with van der Waals surface area (Å²) >= 11 is 0. The molecule has 1 heterocycles. The van der Waals surface area contributed by atoms with E-state index >= 15 is 0 Å². The highest BCUT2D eigenvalue weighted by atomic mass is 16.2. The molecule has 0 atom stereocenters. The number of nitrogens with one attached hydrogen (secondary N) is 1. The molecular weight excluding hydrogens is 386 g/mol. The highest BCUT2D eigenvalue weighted by molar-refractivity contribution is 6.07. The van der Waals surface area contributed by atoms with Crippen LogP contribution in [-0.4, -0.2) is 35.4 Å². The van der Waals surface area contributed by atoms with Gasteiger partial charge in [0.15, 0.2) is 0 Å². The molecule has 0 bridgehead atoms. The molecule has 1 N–H and O–H groups in total. The van der Waals surface area contributed by atoms with Crippen LogP contribution in [0, 0.1) is 0 Å². The second-order valence-corrected chi connectivity index (χ2v) is 7.76. The van der Waals surface area contributed by atoms with Gasteiger partial charge in [0.25, 0.3) is 11.8 Å². The van der Waals surface area contributed by atoms with Gasteiger partial charge in [0.1, 0.15) is 0 Å². The minimum Gasteiger partial charge on any atom is -0.348 e. The van der Waals surface area contributed by atoms with E-state index in [1.165, 1.54) is 5.56 Å². The summed E-state index contributed by atoms with van der Waals surface area (Å²) in [6.45, 7) is 1.05. The number of rotatable bonds is 6. The van der Waals surface area contributed by atoms with E-state index in [-0.39, 0.29) is 11.8 Å². The third-order valence-corrected chi connectivity index (χ3v) is 5.26. The van der Waals surface area contributed by atoms with Gasteiger partial charge in [-0.1, -0.05) is 60.7 Å². The summed E-state index contributed by atoms with van der Waals surface area (Å²) in [5, 5.41) is 3.93. The van der Waals surface area contributed by atoms with Crippen LogP contribution in [0.4, 0.5) is 0 Å². The smallest absolute Gasteiger partial charge is 0.253 e. The van der Waals surface area contributed by atoms with E-state index < -0.39 is 0 Å². The maximum atomic E-state index is 13.0. The zero-order valence-electron chi connectivity index (χ0n) is 17.7. The van der Waals surface area contributed by atoms with Crippen LogP contribution in [0.3, 0.4) is 0 Å². The lowest BCUT2D eigenvalue weighted by Gasteiger charge is -2.11. The highest BCUT2D eigenvalue weighted by Crippen LogP contribution is 2.22. The Labute approximate surface area is 181 Å². The van der Waals surface area contributed by atoms with Gasteiger partial charge in [-0.25, -0.2) is 0 Å². The first kappa shape index (κ1) is 20.4. The lowest BCUT2D eigenvalue weighted by Crippen LogP contribution is -2.24. The summed E-state index contributed by atoms with van der Waals surface area (Å²) in [6.07, 6.45) is 1.92. The van der Waals surface area contributed by atoms with Crippen molar-refractivity contribution >= 4 is 22.7 Å². The molecule has 0 fully saturated rings. The van der Waals surface area contributed by atoms with Crippen LogP contribution >= 0.6 is 0 Å². The molecule has 31 heavy (non-hydrogen) atoms. The van der Waals surface area contributed by atoms with Crippen molar-refractivity contribution in [3.63, 3.8) is 0 Å². The van der Waals surface area contributed by atoms with E-state index in [1.807, 2.05) is 66.9 Å². The maximum absolute atomic E-state index is 13.0. The van der Waals surface area contributed by atoms with Crippen molar-refractivity contribution in [3.8, 4) is 0 Å². The second-order valence-electron chi connectivity index (χ2n) is 7.76. The largest absolute Gasteiger partial charge is 0.348 e. The molecule has 0 spiro atoms. The summed E-state index contributed by atoms with van der Waals surface area (Å²) in [7, 11) is 3.45. The monoisotopic (exact) mass is 411 g/mol. The van der Waals surface area contributed by atoms with Crippen molar-refractivity contribution in [1.82, 2.24) is 14.8 Å². The summed E-state index contributed by atoms with van der Waals surface area (Å²) in [5.41, 5.74) is 4.34. The number of carbonyl (C=O) groups excluding carboxylic acids is 2. The predicted molar refractivity (Wildman–Crippen MR) is 123 cm³/mol. The molecule has 2 amide bonds. The molecule has 4 aromatic rings. The molecular formula is C26H25N3O2. The molecule has 0 saturated carbocycles. The standard InChI is InChI=1S/C26H25N3O2/c1-28(2)26(31)21-12-8-11-20(15-21)16-27-25(30)23-18-29(17-19-9-4-3-5-10-19)24-14-7-6-13-22(23)24/h3-15,18H,16-17H2,1-2H3,(H,27,30). The maximum Gasteiger partial charge on any atom is 0.253 e. The molecule has 156 valence electrons. The average Bonchev–Trinajstić information content (AvgIpc) is 3.16. The van der Waals surface area contributed by atoms with Crippen LogP contribution in [0.1, 0.15) is 31.8 Å². The third kappa shape index (κ3) is 4.51. The molecule has 1 aromatic heterocycles. The lowest BCUT2D eigenvalue weighted by molar-refractivity contribution is 0.0827. The number of para-hydroxylation sites is 1.